The van der Waals surface area contributed by atoms with Crippen molar-refractivity contribution in [1.82, 2.24) is 29.0 Å². The monoisotopic (exact) mass is 448 g/mol. The number of likely N-dealkylation sites (N-methyl/N-ethyl adjacent to an activating group) is 1. The molecule has 4 rings (SSSR count). The number of fused-ring (bicyclic) bond motifs is 3. The number of carbonyl (C=O) groups is 1. The molecule has 10 nitrogen and oxygen atoms in total. The Morgan fingerprint density at radius 3 is 2.81 bits per heavy atom. The predicted octanol–water partition coefficient (Wildman–Crippen LogP) is 0.461. The highest BCUT2D eigenvalue weighted by Crippen LogP contribution is 2.22. The van der Waals surface area contributed by atoms with Gasteiger partial charge in [0, 0.05) is 26.2 Å². The molecule has 1 fully saturated rings. The van der Waals surface area contributed by atoms with Gasteiger partial charge in [0.2, 0.25) is 5.78 Å². The Labute approximate surface area is 183 Å². The highest BCUT2D eigenvalue weighted by Gasteiger charge is 2.36. The molecule has 31 heavy (non-hydrogen) atoms. The van der Waals surface area contributed by atoms with Gasteiger partial charge in [-0.05, 0) is 39.3 Å². The normalized spacial score (nSPS) is 20.4. The van der Waals surface area contributed by atoms with Crippen LogP contribution in [0.25, 0.3) is 16.0 Å². The van der Waals surface area contributed by atoms with E-state index in [1.807, 2.05) is 48.6 Å². The van der Waals surface area contributed by atoms with Crippen molar-refractivity contribution in [2.75, 3.05) is 26.7 Å². The molecule has 0 unspecified atom stereocenters. The van der Waals surface area contributed by atoms with Crippen LogP contribution in [0.3, 0.4) is 0 Å². The van der Waals surface area contributed by atoms with E-state index in [0.29, 0.717) is 35.9 Å². The van der Waals surface area contributed by atoms with Crippen LogP contribution in [-0.2, 0) is 23.1 Å². The number of carbonyl (C=O) groups excluding carboxylic acids is 1. The summed E-state index contributed by atoms with van der Waals surface area (Å²) in [6.45, 7) is 7.11. The molecule has 2 atom stereocenters. The molecular weight excluding hydrogens is 420 g/mol. The fourth-order valence-corrected chi connectivity index (χ4v) is 4.91. The lowest BCUT2D eigenvalue weighted by Gasteiger charge is -2.27. The molecule has 11 heteroatoms. The van der Waals surface area contributed by atoms with Crippen molar-refractivity contribution in [1.29, 1.82) is 0 Å². The Balaban J connectivity index is 1.51. The molecule has 4 heterocycles. The second-order valence-electron chi connectivity index (χ2n) is 9.08. The number of aliphatic hydroxyl groups is 1. The molecule has 0 aromatic carbocycles. The average Bonchev–Trinajstić information content (AvgIpc) is 3.36. The van der Waals surface area contributed by atoms with E-state index in [1.54, 1.807) is 7.05 Å². The van der Waals surface area contributed by atoms with Gasteiger partial charge < -0.3 is 9.84 Å². The van der Waals surface area contributed by atoms with E-state index in [0.717, 1.165) is 5.52 Å². The van der Waals surface area contributed by atoms with Crippen LogP contribution >= 0.6 is 11.3 Å². The lowest BCUT2D eigenvalue weighted by Crippen LogP contribution is -2.44. The number of aromatic nitrogens is 4. The summed E-state index contributed by atoms with van der Waals surface area (Å²) < 4.78 is 9.46. The number of rotatable bonds is 5. The van der Waals surface area contributed by atoms with E-state index in [1.165, 1.54) is 15.9 Å². The summed E-state index contributed by atoms with van der Waals surface area (Å²) in [5.41, 5.74) is 0.165. The Morgan fingerprint density at radius 2 is 2.10 bits per heavy atom. The van der Waals surface area contributed by atoms with Crippen LogP contribution in [0.5, 0.6) is 0 Å². The molecule has 0 aliphatic carbocycles. The number of aryl methyl sites for hydroxylation is 1. The van der Waals surface area contributed by atoms with Gasteiger partial charge in [0.05, 0.1) is 24.7 Å². The zero-order valence-corrected chi connectivity index (χ0v) is 19.2. The van der Waals surface area contributed by atoms with Crippen molar-refractivity contribution in [2.45, 2.75) is 45.1 Å². The Morgan fingerprint density at radius 1 is 1.35 bits per heavy atom. The molecule has 0 amide bonds. The van der Waals surface area contributed by atoms with Crippen molar-refractivity contribution in [3.63, 3.8) is 0 Å². The number of nitrogens with zero attached hydrogens (tertiary/aromatic N) is 6. The molecule has 1 N–H and O–H groups in total. The molecule has 1 aliphatic heterocycles. The first-order valence-electron chi connectivity index (χ1n) is 10.2. The van der Waals surface area contributed by atoms with Gasteiger partial charge in [0.1, 0.15) is 10.3 Å². The smallest absolute Gasteiger partial charge is 0.320 e. The zero-order valence-electron chi connectivity index (χ0n) is 18.4. The van der Waals surface area contributed by atoms with Crippen LogP contribution in [0, 0.1) is 0 Å². The fraction of sp³-hybridized carbons (Fsp3) is 0.600. The second kappa shape index (κ2) is 7.97. The first kappa shape index (κ1) is 21.9. The molecule has 3 aromatic heterocycles. The molecule has 0 saturated carbocycles. The second-order valence-corrected chi connectivity index (χ2v) is 10.00. The SMILES string of the molecule is CN(CC(=O)OC(C)(C)C)[C@H]1CN(Cc2nnc3n(C)c(=O)c4sccc4n23)C[C@H]1O. The average molecular weight is 449 g/mol. The third kappa shape index (κ3) is 4.22. The maximum absolute atomic E-state index is 12.5. The number of esters is 1. The topological polar surface area (TPSA) is 105 Å². The van der Waals surface area contributed by atoms with Gasteiger partial charge in [-0.3, -0.25) is 28.4 Å². The number of ether oxygens (including phenoxy) is 1. The van der Waals surface area contributed by atoms with E-state index in [4.69, 9.17) is 4.74 Å². The quantitative estimate of drug-likeness (QED) is 0.562. The van der Waals surface area contributed by atoms with Gasteiger partial charge in [-0.1, -0.05) is 0 Å². The third-order valence-corrected chi connectivity index (χ3v) is 6.35. The van der Waals surface area contributed by atoms with Crippen molar-refractivity contribution < 1.29 is 14.6 Å². The van der Waals surface area contributed by atoms with Gasteiger partial charge >= 0.3 is 5.97 Å². The number of aliphatic hydroxyl groups excluding tert-OH is 1. The summed E-state index contributed by atoms with van der Waals surface area (Å²) in [6.07, 6.45) is -0.600. The van der Waals surface area contributed by atoms with Crippen LogP contribution in [0.2, 0.25) is 0 Å². The summed E-state index contributed by atoms with van der Waals surface area (Å²) in [5.74, 6) is 0.880. The Bertz CT molecular complexity index is 1180. The van der Waals surface area contributed by atoms with Crippen LogP contribution in [0.4, 0.5) is 0 Å². The lowest BCUT2D eigenvalue weighted by atomic mass is 10.2. The molecule has 0 bridgehead atoms. The molecule has 1 saturated heterocycles. The number of β-amino-alcohol motifs (C(OH)–C–C–N with tert-alkyl or cyclic N) is 1. The first-order chi connectivity index (χ1) is 14.5. The highest BCUT2D eigenvalue weighted by atomic mass is 32.1. The number of likely N-dealkylation sites (tertiary alicyclic amines) is 1. The van der Waals surface area contributed by atoms with Gasteiger partial charge in [-0.25, -0.2) is 0 Å². The van der Waals surface area contributed by atoms with Crippen LogP contribution in [-0.4, -0.2) is 84.5 Å². The minimum absolute atomic E-state index is 0.0862. The first-order valence-corrected chi connectivity index (χ1v) is 11.1. The molecule has 0 spiro atoms. The maximum atomic E-state index is 12.5. The Hall–Kier alpha value is -2.34. The number of hydrogen-bond acceptors (Lipinski definition) is 9. The fourth-order valence-electron chi connectivity index (χ4n) is 4.06. The van der Waals surface area contributed by atoms with Crippen molar-refractivity contribution in [3.8, 4) is 0 Å². The van der Waals surface area contributed by atoms with E-state index in [-0.39, 0.29) is 24.1 Å². The van der Waals surface area contributed by atoms with Crippen LogP contribution in [0.1, 0.15) is 26.6 Å². The van der Waals surface area contributed by atoms with E-state index >= 15 is 0 Å². The van der Waals surface area contributed by atoms with E-state index in [2.05, 4.69) is 15.1 Å². The minimum Gasteiger partial charge on any atom is -0.459 e. The van der Waals surface area contributed by atoms with Crippen LogP contribution < -0.4 is 5.56 Å². The zero-order chi connectivity index (χ0) is 22.5. The summed E-state index contributed by atoms with van der Waals surface area (Å²) in [4.78, 5) is 28.6. The van der Waals surface area contributed by atoms with Gasteiger partial charge in [0.25, 0.3) is 5.56 Å². The summed E-state index contributed by atoms with van der Waals surface area (Å²) >= 11 is 1.40. The largest absolute Gasteiger partial charge is 0.459 e. The van der Waals surface area contributed by atoms with Gasteiger partial charge in [-0.15, -0.1) is 21.5 Å². The predicted molar refractivity (Wildman–Crippen MR) is 117 cm³/mol. The molecule has 1 aliphatic rings. The van der Waals surface area contributed by atoms with E-state index < -0.39 is 11.7 Å². The minimum atomic E-state index is -0.600. The number of hydrogen-bond donors (Lipinski definition) is 1. The molecule has 3 aromatic rings. The standard InChI is InChI=1S/C20H28N6O4S/c1-20(2,3)30-16(28)11-23(4)13-8-25(9-14(13)27)10-15-21-22-19-24(5)18(29)17-12(26(15)19)6-7-31-17/h6-7,13-14,27H,8-11H2,1-5H3/t13-,14+/m0/s1. The Kier molecular flexibility index (Phi) is 5.63. The summed E-state index contributed by atoms with van der Waals surface area (Å²) in [6, 6.07) is 1.70. The molecular formula is C20H28N6O4S. The van der Waals surface area contributed by atoms with Gasteiger partial charge in [-0.2, -0.15) is 0 Å². The summed E-state index contributed by atoms with van der Waals surface area (Å²) in [7, 11) is 3.51. The molecule has 168 valence electrons. The van der Waals surface area contributed by atoms with Crippen LogP contribution in [0.15, 0.2) is 16.2 Å². The third-order valence-electron chi connectivity index (χ3n) is 5.46. The van der Waals surface area contributed by atoms with Crippen molar-refractivity contribution in [2.24, 2.45) is 7.05 Å². The highest BCUT2D eigenvalue weighted by molar-refractivity contribution is 7.17. The van der Waals surface area contributed by atoms with Crippen molar-refractivity contribution in [3.05, 3.63) is 27.6 Å². The summed E-state index contributed by atoms with van der Waals surface area (Å²) in [5, 5.41) is 21.0. The number of thiophene rings is 1. The van der Waals surface area contributed by atoms with E-state index in [9.17, 15) is 14.7 Å². The van der Waals surface area contributed by atoms with Gasteiger partial charge in [0.15, 0.2) is 5.82 Å². The molecule has 0 radical (unpaired) electrons. The lowest BCUT2D eigenvalue weighted by molar-refractivity contribution is -0.156. The van der Waals surface area contributed by atoms with Crippen molar-refractivity contribution >= 4 is 33.3 Å². The maximum Gasteiger partial charge on any atom is 0.320 e.